The summed E-state index contributed by atoms with van der Waals surface area (Å²) in [5, 5.41) is 9.51. The monoisotopic (exact) mass is 786 g/mol. The fourth-order valence-corrected chi connectivity index (χ4v) is 13.7. The number of anilines is 1. The van der Waals surface area contributed by atoms with Crippen molar-refractivity contribution in [3.8, 4) is 0 Å². The molecular formula is C53H72NPS. The second-order valence-corrected chi connectivity index (χ2v) is 25.3. The van der Waals surface area contributed by atoms with Crippen LogP contribution < -0.4 is 21.2 Å². The molecule has 3 aliphatic rings. The number of fused-ring (bicyclic) bond motifs is 4. The summed E-state index contributed by atoms with van der Waals surface area (Å²) in [7, 11) is -0.888. The highest BCUT2D eigenvalue weighted by Crippen LogP contribution is 2.56. The fourth-order valence-electron chi connectivity index (χ4n) is 9.78. The van der Waals surface area contributed by atoms with E-state index in [-0.39, 0.29) is 27.1 Å². The largest absolute Gasteiger partial charge is 0.384 e. The molecule has 0 unspecified atom stereocenters. The Labute approximate surface area is 347 Å². The Kier molecular flexibility index (Phi) is 11.6. The molecule has 4 aromatic rings. The van der Waals surface area contributed by atoms with Crippen molar-refractivity contribution in [2.45, 2.75) is 173 Å². The molecule has 7 rings (SSSR count). The summed E-state index contributed by atoms with van der Waals surface area (Å²) in [5.41, 5.74) is 13.8. The number of hydrogen-bond acceptors (Lipinski definition) is 2. The molecule has 0 aliphatic heterocycles. The molecule has 0 radical (unpaired) electrons. The molecule has 3 heteroatoms. The predicted octanol–water partition coefficient (Wildman–Crippen LogP) is 13.3. The van der Waals surface area contributed by atoms with Crippen LogP contribution in [0.3, 0.4) is 0 Å². The molecule has 1 N–H and O–H groups in total. The van der Waals surface area contributed by atoms with Gasteiger partial charge in [-0.2, -0.15) is 11.8 Å². The highest BCUT2D eigenvalue weighted by atomic mass is 32.2. The van der Waals surface area contributed by atoms with Crippen LogP contribution in [0.2, 0.25) is 0 Å². The molecule has 1 atom stereocenters. The van der Waals surface area contributed by atoms with Gasteiger partial charge in [0.2, 0.25) is 0 Å². The van der Waals surface area contributed by atoms with E-state index in [1.807, 2.05) is 0 Å². The molecule has 300 valence electrons. The number of rotatable bonds is 8. The van der Waals surface area contributed by atoms with E-state index in [4.69, 9.17) is 0 Å². The first-order valence-electron chi connectivity index (χ1n) is 22.0. The Morgan fingerprint density at radius 3 is 1.54 bits per heavy atom. The molecule has 1 fully saturated rings. The Morgan fingerprint density at radius 1 is 0.589 bits per heavy atom. The minimum Gasteiger partial charge on any atom is -0.384 e. The second-order valence-electron chi connectivity index (χ2n) is 21.7. The molecule has 0 amide bonds. The SMILES string of the molecule is CC(C)(C)c1cc(P(c2cc(C(C)(C)C)cc(C(C)(C)C)c2)c2cccc3c2[C@]2(CCc4cccc(NCCSC5CCCCC5)c42)CC3)cc(C(C)(C)C)c1. The molecular weight excluding hydrogens is 714 g/mol. The Hall–Kier alpha value is -2.54. The standard InChI is InChI=1S/C53H72NPS/c1-49(2,3)38-30-39(50(4,5)6)33-42(32-38)55(43-34-40(51(7,8)9)31-41(35-43)52(10,11)12)46-23-17-19-37-25-27-53(48(37)46)26-24-36-18-16-22-45(47(36)53)54-28-29-56-44-20-14-13-15-21-44/h16-19,22-23,30-35,44,54H,13-15,20-21,24-29H2,1-12H3/t53-/m1/s1. The second kappa shape index (κ2) is 15.6. The summed E-state index contributed by atoms with van der Waals surface area (Å²) in [6.45, 7) is 29.8. The van der Waals surface area contributed by atoms with Crippen molar-refractivity contribution in [1.82, 2.24) is 0 Å². The molecule has 1 nitrogen and oxygen atoms in total. The van der Waals surface area contributed by atoms with Crippen molar-refractivity contribution < 1.29 is 0 Å². The van der Waals surface area contributed by atoms with Crippen LogP contribution in [0.15, 0.2) is 72.8 Å². The van der Waals surface area contributed by atoms with Crippen LogP contribution in [-0.2, 0) is 39.9 Å². The zero-order valence-electron chi connectivity index (χ0n) is 37.1. The molecule has 1 saturated carbocycles. The Balaban J connectivity index is 1.43. The molecule has 56 heavy (non-hydrogen) atoms. The lowest BCUT2D eigenvalue weighted by Crippen LogP contribution is -2.33. The van der Waals surface area contributed by atoms with Gasteiger partial charge in [-0.15, -0.1) is 0 Å². The lowest BCUT2D eigenvalue weighted by atomic mass is 9.76. The van der Waals surface area contributed by atoms with Gasteiger partial charge in [-0.05, 0) is 135 Å². The summed E-state index contributed by atoms with van der Waals surface area (Å²) >= 11 is 2.21. The van der Waals surface area contributed by atoms with E-state index in [1.165, 1.54) is 89.2 Å². The van der Waals surface area contributed by atoms with Crippen LogP contribution in [0.25, 0.3) is 0 Å². The minimum atomic E-state index is -0.888. The van der Waals surface area contributed by atoms with Crippen LogP contribution >= 0.6 is 19.7 Å². The third kappa shape index (κ3) is 8.46. The lowest BCUT2D eigenvalue weighted by molar-refractivity contribution is 0.510. The molecule has 3 aliphatic carbocycles. The third-order valence-electron chi connectivity index (χ3n) is 13.3. The maximum absolute atomic E-state index is 4.06. The molecule has 4 aromatic carbocycles. The number of benzene rings is 4. The molecule has 0 aromatic heterocycles. The molecule has 1 spiro atoms. The van der Waals surface area contributed by atoms with Crippen molar-refractivity contribution in [2.24, 2.45) is 0 Å². The first kappa shape index (κ1) is 41.6. The smallest absolute Gasteiger partial charge is 0.0384 e. The van der Waals surface area contributed by atoms with Crippen LogP contribution in [0.1, 0.15) is 173 Å². The van der Waals surface area contributed by atoms with Crippen molar-refractivity contribution in [3.63, 3.8) is 0 Å². The van der Waals surface area contributed by atoms with Gasteiger partial charge in [-0.1, -0.05) is 169 Å². The minimum absolute atomic E-state index is 0.0327. The van der Waals surface area contributed by atoms with Crippen LogP contribution in [0.4, 0.5) is 5.69 Å². The van der Waals surface area contributed by atoms with Gasteiger partial charge in [-0.3, -0.25) is 0 Å². The van der Waals surface area contributed by atoms with E-state index >= 15 is 0 Å². The molecule has 0 saturated heterocycles. The van der Waals surface area contributed by atoms with E-state index in [0.29, 0.717) is 0 Å². The first-order valence-corrected chi connectivity index (χ1v) is 24.4. The third-order valence-corrected chi connectivity index (χ3v) is 17.0. The normalized spacial score (nSPS) is 19.2. The van der Waals surface area contributed by atoms with E-state index in [1.54, 1.807) is 27.6 Å². The van der Waals surface area contributed by atoms with Gasteiger partial charge in [0.1, 0.15) is 0 Å². The molecule has 0 bridgehead atoms. The summed E-state index contributed by atoms with van der Waals surface area (Å²) in [6.07, 6.45) is 11.8. The average molecular weight is 786 g/mol. The van der Waals surface area contributed by atoms with E-state index in [0.717, 1.165) is 24.6 Å². The molecule has 0 heterocycles. The number of hydrogen-bond donors (Lipinski definition) is 1. The summed E-state index contributed by atoms with van der Waals surface area (Å²) in [4.78, 5) is 0. The maximum Gasteiger partial charge on any atom is 0.0384 e. The fraction of sp³-hybridized carbons (Fsp3) is 0.547. The predicted molar refractivity (Wildman–Crippen MR) is 252 cm³/mol. The van der Waals surface area contributed by atoms with Crippen molar-refractivity contribution in [2.75, 3.05) is 17.6 Å². The quantitative estimate of drug-likeness (QED) is 0.141. The zero-order chi connectivity index (χ0) is 40.3. The zero-order valence-corrected chi connectivity index (χ0v) is 38.9. The van der Waals surface area contributed by atoms with Gasteiger partial charge in [0, 0.05) is 28.6 Å². The average Bonchev–Trinajstić information content (AvgIpc) is 3.71. The Bertz CT molecular complexity index is 1900. The summed E-state index contributed by atoms with van der Waals surface area (Å²) in [6, 6.07) is 30.1. The number of aryl methyl sites for hydroxylation is 2. The van der Waals surface area contributed by atoms with Gasteiger partial charge in [0.15, 0.2) is 0 Å². The van der Waals surface area contributed by atoms with E-state index in [9.17, 15) is 0 Å². The highest BCUT2D eigenvalue weighted by molar-refractivity contribution is 7.99. The summed E-state index contributed by atoms with van der Waals surface area (Å²) < 4.78 is 0. The topological polar surface area (TPSA) is 12.0 Å². The number of nitrogens with one attached hydrogen (secondary N) is 1. The van der Waals surface area contributed by atoms with Gasteiger partial charge in [0.25, 0.3) is 0 Å². The van der Waals surface area contributed by atoms with Crippen molar-refractivity contribution in [1.29, 1.82) is 0 Å². The van der Waals surface area contributed by atoms with E-state index < -0.39 is 7.92 Å². The van der Waals surface area contributed by atoms with Gasteiger partial charge in [0.05, 0.1) is 0 Å². The van der Waals surface area contributed by atoms with Crippen molar-refractivity contribution in [3.05, 3.63) is 117 Å². The summed E-state index contributed by atoms with van der Waals surface area (Å²) in [5.74, 6) is 1.19. The van der Waals surface area contributed by atoms with Gasteiger partial charge < -0.3 is 5.32 Å². The number of thioether (sulfide) groups is 1. The van der Waals surface area contributed by atoms with E-state index in [2.05, 4.69) is 173 Å². The van der Waals surface area contributed by atoms with Crippen LogP contribution in [0, 0.1) is 0 Å². The first-order chi connectivity index (χ1) is 26.3. The van der Waals surface area contributed by atoms with Gasteiger partial charge >= 0.3 is 0 Å². The van der Waals surface area contributed by atoms with Crippen LogP contribution in [0.5, 0.6) is 0 Å². The van der Waals surface area contributed by atoms with Crippen molar-refractivity contribution >= 4 is 41.3 Å². The lowest BCUT2D eigenvalue weighted by Gasteiger charge is -2.35. The Morgan fingerprint density at radius 2 is 1.05 bits per heavy atom. The van der Waals surface area contributed by atoms with Crippen LogP contribution in [-0.4, -0.2) is 17.5 Å². The maximum atomic E-state index is 4.06. The van der Waals surface area contributed by atoms with Gasteiger partial charge in [-0.25, -0.2) is 0 Å². The highest BCUT2D eigenvalue weighted by Gasteiger charge is 2.48.